The van der Waals surface area contributed by atoms with Gasteiger partial charge in [0.2, 0.25) is 0 Å². The number of amides is 1. The molecule has 0 aliphatic heterocycles. The highest BCUT2D eigenvalue weighted by molar-refractivity contribution is 7.13. The lowest BCUT2D eigenvalue weighted by Gasteiger charge is -2.22. The van der Waals surface area contributed by atoms with Crippen LogP contribution < -0.4 is 10.1 Å². The van der Waals surface area contributed by atoms with E-state index in [2.05, 4.69) is 15.2 Å². The number of carbonyl (C=O) groups excluding carboxylic acids is 1. The van der Waals surface area contributed by atoms with Crippen LogP contribution in [0.2, 0.25) is 0 Å². The first kappa shape index (κ1) is 19.1. The summed E-state index contributed by atoms with van der Waals surface area (Å²) in [4.78, 5) is 19.3. The Morgan fingerprint density at radius 1 is 1.15 bits per heavy atom. The Morgan fingerprint density at radius 3 is 2.48 bits per heavy atom. The summed E-state index contributed by atoms with van der Waals surface area (Å²) in [7, 11) is 5.62. The van der Waals surface area contributed by atoms with Crippen LogP contribution in [-0.2, 0) is 0 Å². The Labute approximate surface area is 163 Å². The van der Waals surface area contributed by atoms with Gasteiger partial charge in [-0.15, -0.1) is 11.3 Å². The molecule has 1 N–H and O–H groups in total. The number of hydrogen-bond acceptors (Lipinski definition) is 5. The molecule has 0 saturated heterocycles. The van der Waals surface area contributed by atoms with Crippen LogP contribution in [-0.4, -0.2) is 43.5 Å². The Hall–Kier alpha value is -2.70. The Bertz CT molecular complexity index is 876. The van der Waals surface area contributed by atoms with Gasteiger partial charge in [-0.25, -0.2) is 4.98 Å². The number of ether oxygens (including phenoxy) is 1. The van der Waals surface area contributed by atoms with Crippen LogP contribution in [0, 0.1) is 0 Å². The van der Waals surface area contributed by atoms with Crippen molar-refractivity contribution >= 4 is 17.2 Å². The van der Waals surface area contributed by atoms with E-state index < -0.39 is 0 Å². The number of rotatable bonds is 7. The molecule has 27 heavy (non-hydrogen) atoms. The van der Waals surface area contributed by atoms with Gasteiger partial charge >= 0.3 is 0 Å². The van der Waals surface area contributed by atoms with Crippen molar-refractivity contribution in [1.82, 2.24) is 15.2 Å². The van der Waals surface area contributed by atoms with Gasteiger partial charge in [-0.05, 0) is 43.9 Å². The molecule has 1 atom stereocenters. The van der Waals surface area contributed by atoms with E-state index in [-0.39, 0.29) is 11.9 Å². The second-order valence-corrected chi connectivity index (χ2v) is 7.32. The van der Waals surface area contributed by atoms with Gasteiger partial charge in [0.15, 0.2) is 0 Å². The summed E-state index contributed by atoms with van der Waals surface area (Å²) >= 11 is 1.46. The van der Waals surface area contributed by atoms with Crippen molar-refractivity contribution in [2.24, 2.45) is 0 Å². The molecule has 0 fully saturated rings. The van der Waals surface area contributed by atoms with Crippen molar-refractivity contribution in [3.8, 4) is 16.3 Å². The molecule has 1 amide bonds. The topological polar surface area (TPSA) is 54.5 Å². The van der Waals surface area contributed by atoms with E-state index in [1.54, 1.807) is 12.5 Å². The average Bonchev–Trinajstić information content (AvgIpc) is 3.18. The maximum Gasteiger partial charge on any atom is 0.271 e. The molecule has 1 heterocycles. The van der Waals surface area contributed by atoms with Crippen molar-refractivity contribution in [1.29, 1.82) is 0 Å². The molecule has 0 aliphatic carbocycles. The normalized spacial score (nSPS) is 12.0. The molecule has 5 nitrogen and oxygen atoms in total. The van der Waals surface area contributed by atoms with Crippen LogP contribution in [0.4, 0.5) is 0 Å². The molecule has 3 rings (SSSR count). The lowest BCUT2D eigenvalue weighted by Crippen LogP contribution is -2.35. The van der Waals surface area contributed by atoms with Gasteiger partial charge in [-0.3, -0.25) is 4.79 Å². The predicted molar refractivity (Wildman–Crippen MR) is 109 cm³/mol. The van der Waals surface area contributed by atoms with Crippen molar-refractivity contribution < 1.29 is 9.53 Å². The summed E-state index contributed by atoms with van der Waals surface area (Å²) in [6.45, 7) is 0.714. The number of aromatic nitrogens is 1. The molecule has 0 spiro atoms. The summed E-state index contributed by atoms with van der Waals surface area (Å²) in [6.07, 6.45) is 0. The Kier molecular flexibility index (Phi) is 6.21. The quantitative estimate of drug-likeness (QED) is 0.675. The first-order chi connectivity index (χ1) is 13.1. The first-order valence-electron chi connectivity index (χ1n) is 8.67. The zero-order valence-electron chi connectivity index (χ0n) is 15.7. The van der Waals surface area contributed by atoms with Crippen molar-refractivity contribution in [2.75, 3.05) is 27.7 Å². The number of carbonyl (C=O) groups is 1. The minimum atomic E-state index is -0.165. The van der Waals surface area contributed by atoms with E-state index in [0.29, 0.717) is 12.2 Å². The molecular formula is C21H23N3O2S. The number of methoxy groups -OCH3 is 1. The van der Waals surface area contributed by atoms with Crippen LogP contribution in [0.3, 0.4) is 0 Å². The van der Waals surface area contributed by atoms with Crippen LogP contribution in [0.1, 0.15) is 22.1 Å². The highest BCUT2D eigenvalue weighted by Gasteiger charge is 2.19. The third kappa shape index (κ3) is 4.93. The fraction of sp³-hybridized carbons (Fsp3) is 0.238. The third-order valence-corrected chi connectivity index (χ3v) is 5.02. The monoisotopic (exact) mass is 381 g/mol. The zero-order chi connectivity index (χ0) is 19.2. The van der Waals surface area contributed by atoms with Crippen molar-refractivity contribution in [3.05, 3.63) is 71.2 Å². The van der Waals surface area contributed by atoms with Gasteiger partial charge in [0.05, 0.1) is 13.2 Å². The Balaban J connectivity index is 1.75. The molecular weight excluding hydrogens is 358 g/mol. The summed E-state index contributed by atoms with van der Waals surface area (Å²) in [5.41, 5.74) is 2.48. The number of nitrogens with one attached hydrogen (secondary N) is 1. The van der Waals surface area contributed by atoms with E-state index in [1.165, 1.54) is 11.3 Å². The fourth-order valence-electron chi connectivity index (χ4n) is 2.76. The number of thiazole rings is 1. The van der Waals surface area contributed by atoms with E-state index in [4.69, 9.17) is 4.74 Å². The van der Waals surface area contributed by atoms with Gasteiger partial charge in [0.25, 0.3) is 5.91 Å². The lowest BCUT2D eigenvalue weighted by atomic mass is 10.1. The molecule has 2 aromatic carbocycles. The number of likely N-dealkylation sites (N-methyl/N-ethyl adjacent to an activating group) is 1. The fourth-order valence-corrected chi connectivity index (χ4v) is 3.57. The minimum Gasteiger partial charge on any atom is -0.497 e. The average molecular weight is 382 g/mol. The molecule has 1 aromatic heterocycles. The lowest BCUT2D eigenvalue weighted by molar-refractivity contribution is 0.0925. The van der Waals surface area contributed by atoms with Gasteiger partial charge in [0, 0.05) is 17.5 Å². The minimum absolute atomic E-state index is 0.0974. The second kappa shape index (κ2) is 8.79. The highest BCUT2D eigenvalue weighted by Crippen LogP contribution is 2.26. The number of hydrogen-bond donors (Lipinski definition) is 1. The number of benzene rings is 2. The maximum absolute atomic E-state index is 12.7. The van der Waals surface area contributed by atoms with Gasteiger partial charge < -0.3 is 15.0 Å². The first-order valence-corrected chi connectivity index (χ1v) is 9.55. The zero-order valence-corrected chi connectivity index (χ0v) is 16.5. The van der Waals surface area contributed by atoms with Gasteiger partial charge in [0.1, 0.15) is 16.5 Å². The van der Waals surface area contributed by atoms with Gasteiger partial charge in [-0.1, -0.05) is 30.3 Å². The summed E-state index contributed by atoms with van der Waals surface area (Å²) in [5.74, 6) is 0.629. The largest absolute Gasteiger partial charge is 0.497 e. The SMILES string of the molecule is COc1ccc(-c2nc(C(=O)N[C@H](CN(C)C)c3ccccc3)cs2)cc1. The smallest absolute Gasteiger partial charge is 0.271 e. The predicted octanol–water partition coefficient (Wildman–Crippen LogP) is 3.85. The molecule has 0 radical (unpaired) electrons. The van der Waals surface area contributed by atoms with Crippen LogP contribution in [0.25, 0.3) is 10.6 Å². The summed E-state index contributed by atoms with van der Waals surface area (Å²) in [6, 6.07) is 17.5. The highest BCUT2D eigenvalue weighted by atomic mass is 32.1. The standard InChI is InChI=1S/C21H23N3O2S/c1-24(2)13-18(15-7-5-4-6-8-15)22-20(25)19-14-27-21(23-19)16-9-11-17(26-3)12-10-16/h4-12,14,18H,13H2,1-3H3,(H,22,25)/t18-/m1/s1. The van der Waals surface area contributed by atoms with Crippen LogP contribution in [0.15, 0.2) is 60.0 Å². The van der Waals surface area contributed by atoms with E-state index in [9.17, 15) is 4.79 Å². The van der Waals surface area contributed by atoms with Crippen molar-refractivity contribution in [3.63, 3.8) is 0 Å². The molecule has 140 valence electrons. The molecule has 0 saturated carbocycles. The molecule has 3 aromatic rings. The van der Waals surface area contributed by atoms with Crippen LogP contribution >= 0.6 is 11.3 Å². The van der Waals surface area contributed by atoms with E-state index >= 15 is 0 Å². The summed E-state index contributed by atoms with van der Waals surface area (Å²) in [5, 5.41) is 5.72. The molecule has 6 heteroatoms. The van der Waals surface area contributed by atoms with Gasteiger partial charge in [-0.2, -0.15) is 0 Å². The van der Waals surface area contributed by atoms with Crippen molar-refractivity contribution in [2.45, 2.75) is 6.04 Å². The summed E-state index contributed by atoms with van der Waals surface area (Å²) < 4.78 is 5.18. The molecule has 0 unspecified atom stereocenters. The number of nitrogens with zero attached hydrogens (tertiary/aromatic N) is 2. The maximum atomic E-state index is 12.7. The van der Waals surface area contributed by atoms with Crippen LogP contribution in [0.5, 0.6) is 5.75 Å². The molecule has 0 aliphatic rings. The second-order valence-electron chi connectivity index (χ2n) is 6.47. The van der Waals surface area contributed by atoms with E-state index in [1.807, 2.05) is 68.7 Å². The Morgan fingerprint density at radius 2 is 1.85 bits per heavy atom. The van der Waals surface area contributed by atoms with E-state index in [0.717, 1.165) is 21.9 Å². The third-order valence-electron chi connectivity index (χ3n) is 4.13. The molecule has 0 bridgehead atoms.